The normalized spacial score (nSPS) is 10.2. The quantitative estimate of drug-likeness (QED) is 0.908. The van der Waals surface area contributed by atoms with Crippen molar-refractivity contribution in [2.45, 2.75) is 0 Å². The Labute approximate surface area is 129 Å². The zero-order valence-corrected chi connectivity index (χ0v) is 11.9. The van der Waals surface area contributed by atoms with Gasteiger partial charge in [0.1, 0.15) is 0 Å². The summed E-state index contributed by atoms with van der Waals surface area (Å²) in [4.78, 5) is 23.3. The molecule has 0 saturated heterocycles. The molecule has 2 aromatic rings. The lowest BCUT2D eigenvalue weighted by atomic mass is 10.1. The number of anilines is 1. The highest BCUT2D eigenvalue weighted by molar-refractivity contribution is 6.42. The van der Waals surface area contributed by atoms with Crippen molar-refractivity contribution in [2.75, 3.05) is 5.32 Å². The zero-order valence-electron chi connectivity index (χ0n) is 10.4. The van der Waals surface area contributed by atoms with E-state index in [0.717, 1.165) is 12.1 Å². The van der Waals surface area contributed by atoms with E-state index in [1.807, 2.05) is 0 Å². The van der Waals surface area contributed by atoms with Crippen LogP contribution < -0.4 is 10.4 Å². The smallest absolute Gasteiger partial charge is 0.336 e. The number of carbonyl (C=O) groups excluding carboxylic acids is 1. The number of benzene rings is 2. The summed E-state index contributed by atoms with van der Waals surface area (Å²) in [6.45, 7) is 0. The van der Waals surface area contributed by atoms with Crippen LogP contribution in [0, 0.1) is 0 Å². The van der Waals surface area contributed by atoms with Crippen molar-refractivity contribution in [3.05, 3.63) is 57.6 Å². The Morgan fingerprint density at radius 1 is 1.05 bits per heavy atom. The predicted octanol–water partition coefficient (Wildman–Crippen LogP) is 3.02. The van der Waals surface area contributed by atoms with Crippen LogP contribution in [0.15, 0.2) is 36.4 Å². The second-order valence-corrected chi connectivity index (χ2v) is 4.88. The molecule has 0 fully saturated rings. The summed E-state index contributed by atoms with van der Waals surface area (Å²) in [5.74, 6) is -2.47. The minimum Gasteiger partial charge on any atom is -0.871 e. The molecular formula is C14H8Cl2NO4-. The first-order valence-corrected chi connectivity index (χ1v) is 6.45. The van der Waals surface area contributed by atoms with Gasteiger partial charge in [-0.05, 0) is 18.2 Å². The first-order chi connectivity index (χ1) is 9.90. The molecule has 108 valence electrons. The van der Waals surface area contributed by atoms with Crippen molar-refractivity contribution in [1.82, 2.24) is 0 Å². The molecule has 0 spiro atoms. The molecule has 21 heavy (non-hydrogen) atoms. The molecule has 1 amide bonds. The Morgan fingerprint density at radius 2 is 1.62 bits per heavy atom. The molecule has 5 nitrogen and oxygen atoms in total. The van der Waals surface area contributed by atoms with Gasteiger partial charge in [0.15, 0.2) is 0 Å². The van der Waals surface area contributed by atoms with Crippen molar-refractivity contribution >= 4 is 40.8 Å². The van der Waals surface area contributed by atoms with E-state index >= 15 is 0 Å². The summed E-state index contributed by atoms with van der Waals surface area (Å²) in [7, 11) is 0. The number of nitrogens with one attached hydrogen (secondary N) is 1. The number of carboxylic acids is 1. The fraction of sp³-hybridized carbons (Fsp3) is 0. The van der Waals surface area contributed by atoms with Crippen molar-refractivity contribution in [3.63, 3.8) is 0 Å². The van der Waals surface area contributed by atoms with Gasteiger partial charge >= 0.3 is 5.97 Å². The Kier molecular flexibility index (Phi) is 4.35. The second-order valence-electron chi connectivity index (χ2n) is 4.07. The van der Waals surface area contributed by atoms with Crippen LogP contribution in [-0.2, 0) is 0 Å². The lowest BCUT2D eigenvalue weighted by Crippen LogP contribution is -2.17. The molecule has 0 saturated carbocycles. The number of carboxylic acid groups (broad SMARTS) is 1. The van der Waals surface area contributed by atoms with Crippen LogP contribution in [0.5, 0.6) is 5.75 Å². The van der Waals surface area contributed by atoms with Gasteiger partial charge in [-0.3, -0.25) is 4.79 Å². The number of para-hydroxylation sites is 2. The number of hydrogen-bond acceptors (Lipinski definition) is 3. The van der Waals surface area contributed by atoms with Crippen molar-refractivity contribution in [2.24, 2.45) is 0 Å². The van der Waals surface area contributed by atoms with Crippen LogP contribution in [0.25, 0.3) is 0 Å². The Morgan fingerprint density at radius 3 is 2.19 bits per heavy atom. The van der Waals surface area contributed by atoms with E-state index in [9.17, 15) is 14.7 Å². The van der Waals surface area contributed by atoms with Crippen LogP contribution in [-0.4, -0.2) is 17.0 Å². The van der Waals surface area contributed by atoms with E-state index in [-0.39, 0.29) is 32.6 Å². The first-order valence-electron chi connectivity index (χ1n) is 5.70. The average Bonchev–Trinajstić information content (AvgIpc) is 2.43. The van der Waals surface area contributed by atoms with E-state index in [4.69, 9.17) is 28.3 Å². The maximum atomic E-state index is 12.1. The van der Waals surface area contributed by atoms with Gasteiger partial charge in [-0.15, -0.1) is 0 Å². The Hall–Kier alpha value is -2.24. The summed E-state index contributed by atoms with van der Waals surface area (Å²) in [6, 6.07) is 8.03. The summed E-state index contributed by atoms with van der Waals surface area (Å²) in [5, 5.41) is 23.1. The minimum absolute atomic E-state index is 0.0230. The molecule has 0 radical (unpaired) electrons. The molecule has 0 unspecified atom stereocenters. The Bertz CT molecular complexity index is 731. The summed E-state index contributed by atoms with van der Waals surface area (Å²) < 4.78 is 0. The van der Waals surface area contributed by atoms with Gasteiger partial charge in [0, 0.05) is 5.69 Å². The Balaban J connectivity index is 2.42. The third kappa shape index (κ3) is 3.26. The van der Waals surface area contributed by atoms with E-state index in [1.54, 1.807) is 6.07 Å². The predicted molar refractivity (Wildman–Crippen MR) is 77.3 cm³/mol. The van der Waals surface area contributed by atoms with Gasteiger partial charge in [0.2, 0.25) is 0 Å². The third-order valence-electron chi connectivity index (χ3n) is 2.67. The fourth-order valence-corrected chi connectivity index (χ4v) is 2.00. The molecule has 0 aliphatic heterocycles. The maximum absolute atomic E-state index is 12.1. The van der Waals surface area contributed by atoms with Gasteiger partial charge in [0.05, 0.1) is 21.2 Å². The van der Waals surface area contributed by atoms with Crippen LogP contribution in [0.1, 0.15) is 20.7 Å². The highest BCUT2D eigenvalue weighted by Crippen LogP contribution is 2.27. The number of rotatable bonds is 3. The summed E-state index contributed by atoms with van der Waals surface area (Å²) >= 11 is 11.5. The molecule has 0 aliphatic rings. The van der Waals surface area contributed by atoms with Crippen molar-refractivity contribution in [1.29, 1.82) is 0 Å². The zero-order chi connectivity index (χ0) is 15.6. The number of carbonyl (C=O) groups is 2. The van der Waals surface area contributed by atoms with Crippen molar-refractivity contribution in [3.8, 4) is 5.75 Å². The number of aromatic carboxylic acids is 1. The van der Waals surface area contributed by atoms with Gasteiger partial charge < -0.3 is 15.5 Å². The first kappa shape index (κ1) is 15.2. The van der Waals surface area contributed by atoms with Gasteiger partial charge in [-0.2, -0.15) is 0 Å². The van der Waals surface area contributed by atoms with E-state index in [0.29, 0.717) is 0 Å². The third-order valence-corrected chi connectivity index (χ3v) is 3.39. The molecule has 0 aliphatic carbocycles. The average molecular weight is 325 g/mol. The van der Waals surface area contributed by atoms with E-state index in [2.05, 4.69) is 5.32 Å². The van der Waals surface area contributed by atoms with E-state index < -0.39 is 11.9 Å². The highest BCUT2D eigenvalue weighted by atomic mass is 35.5. The van der Waals surface area contributed by atoms with Crippen molar-refractivity contribution < 1.29 is 19.8 Å². The van der Waals surface area contributed by atoms with Crippen LogP contribution in [0.4, 0.5) is 5.69 Å². The monoisotopic (exact) mass is 324 g/mol. The largest absolute Gasteiger partial charge is 0.871 e. The van der Waals surface area contributed by atoms with Crippen LogP contribution in [0.3, 0.4) is 0 Å². The molecule has 2 N–H and O–H groups in total. The molecule has 7 heteroatoms. The molecular weight excluding hydrogens is 317 g/mol. The number of halogens is 2. The van der Waals surface area contributed by atoms with Gasteiger partial charge in [-0.1, -0.05) is 47.2 Å². The lowest BCUT2D eigenvalue weighted by Gasteiger charge is -2.15. The SMILES string of the molecule is O=C(O)c1cc(Cl)c(Cl)cc1C(=O)Nc1ccccc1[O-]. The second kappa shape index (κ2) is 6.03. The standard InChI is InChI=1S/C14H9Cl2NO4/c15-9-5-7(8(14(20)21)6-10(9)16)13(19)17-11-3-1-2-4-12(11)18/h1-6,18H,(H,17,19)(H,20,21)/p-1. The lowest BCUT2D eigenvalue weighted by molar-refractivity contribution is -0.267. The number of amides is 1. The van der Waals surface area contributed by atoms with Crippen LogP contribution in [0.2, 0.25) is 10.0 Å². The molecule has 0 aromatic heterocycles. The topological polar surface area (TPSA) is 89.5 Å². The van der Waals surface area contributed by atoms with Gasteiger partial charge in [-0.25, -0.2) is 4.79 Å². The molecule has 2 aromatic carbocycles. The van der Waals surface area contributed by atoms with Crippen LogP contribution >= 0.6 is 23.2 Å². The number of hydrogen-bond donors (Lipinski definition) is 2. The molecule has 0 heterocycles. The summed E-state index contributed by atoms with van der Waals surface area (Å²) in [5.41, 5.74) is -0.435. The van der Waals surface area contributed by atoms with Gasteiger partial charge in [0.25, 0.3) is 5.91 Å². The fourth-order valence-electron chi connectivity index (χ4n) is 1.67. The molecule has 0 atom stereocenters. The molecule has 2 rings (SSSR count). The van der Waals surface area contributed by atoms with E-state index in [1.165, 1.54) is 18.2 Å². The molecule has 0 bridgehead atoms. The highest BCUT2D eigenvalue weighted by Gasteiger charge is 2.19. The summed E-state index contributed by atoms with van der Waals surface area (Å²) in [6.07, 6.45) is 0. The minimum atomic E-state index is -1.32. The maximum Gasteiger partial charge on any atom is 0.336 e.